The summed E-state index contributed by atoms with van der Waals surface area (Å²) >= 11 is 0. The molecular weight excluding hydrogens is 246 g/mol. The number of ether oxygens (including phenoxy) is 1. The Morgan fingerprint density at radius 1 is 1.53 bits per heavy atom. The van der Waals surface area contributed by atoms with Crippen LogP contribution in [-0.2, 0) is 4.79 Å². The summed E-state index contributed by atoms with van der Waals surface area (Å²) in [6.07, 6.45) is 2.37. The van der Waals surface area contributed by atoms with Crippen LogP contribution < -0.4 is 4.74 Å². The summed E-state index contributed by atoms with van der Waals surface area (Å²) in [7, 11) is 1.38. The number of hydrogen-bond acceptors (Lipinski definition) is 4. The fourth-order valence-corrected chi connectivity index (χ4v) is 1.32. The van der Waals surface area contributed by atoms with Gasteiger partial charge in [0.2, 0.25) is 0 Å². The Hall–Kier alpha value is -2.92. The lowest BCUT2D eigenvalue weighted by molar-refractivity contribution is -0.131. The van der Waals surface area contributed by atoms with Gasteiger partial charge in [0.05, 0.1) is 25.2 Å². The molecule has 0 bridgehead atoms. The maximum atomic E-state index is 10.5. The number of aromatic hydroxyl groups is 1. The van der Waals surface area contributed by atoms with Crippen molar-refractivity contribution in [2.24, 2.45) is 0 Å². The van der Waals surface area contributed by atoms with Gasteiger partial charge in [-0.05, 0) is 23.8 Å². The van der Waals surface area contributed by atoms with E-state index in [9.17, 15) is 9.90 Å². The van der Waals surface area contributed by atoms with Gasteiger partial charge in [-0.3, -0.25) is 0 Å². The highest BCUT2D eigenvalue weighted by Gasteiger charge is 2.08. The molecule has 1 rings (SSSR count). The van der Waals surface area contributed by atoms with E-state index in [0.717, 1.165) is 6.08 Å². The number of phenols is 1. The lowest BCUT2D eigenvalue weighted by atomic mass is 10.1. The molecule has 0 saturated heterocycles. The average molecular weight is 257 g/mol. The largest absolute Gasteiger partial charge is 0.503 e. The predicted molar refractivity (Wildman–Crippen MR) is 68.4 cm³/mol. The van der Waals surface area contributed by atoms with E-state index in [0.29, 0.717) is 5.56 Å². The minimum absolute atomic E-state index is 0.0386. The molecule has 96 valence electrons. The molecule has 2 N–H and O–H groups in total. The normalized spacial score (nSPS) is 9.47. The number of phenolic OH excluding ortho intramolecular Hbond substituents is 1. The summed E-state index contributed by atoms with van der Waals surface area (Å²) < 4.78 is 4.98. The van der Waals surface area contributed by atoms with E-state index in [1.165, 1.54) is 25.3 Å². The number of rotatable bonds is 3. The van der Waals surface area contributed by atoms with Crippen LogP contribution in [0.2, 0.25) is 0 Å². The smallest absolute Gasteiger partial charge is 0.328 e. The van der Waals surface area contributed by atoms with Crippen molar-refractivity contribution in [3.8, 4) is 29.4 Å². The predicted octanol–water partition coefficient (Wildman–Crippen LogP) is 1.76. The van der Waals surface area contributed by atoms with Crippen LogP contribution in [0.1, 0.15) is 17.5 Å². The van der Waals surface area contributed by atoms with Crippen LogP contribution in [0.5, 0.6) is 11.5 Å². The number of methoxy groups -OCH3 is 1. The van der Waals surface area contributed by atoms with Crippen molar-refractivity contribution in [1.82, 2.24) is 0 Å². The molecule has 0 unspecified atom stereocenters. The zero-order valence-corrected chi connectivity index (χ0v) is 10.2. The molecule has 5 nitrogen and oxygen atoms in total. The number of carboxylic acids is 1. The Kier molecular flexibility index (Phi) is 5.01. The number of carboxylic acid groups (broad SMARTS) is 1. The molecule has 0 atom stereocenters. The number of nitriles is 1. The van der Waals surface area contributed by atoms with Crippen LogP contribution >= 0.6 is 0 Å². The first kappa shape index (κ1) is 14.1. The average Bonchev–Trinajstić information content (AvgIpc) is 2.39. The van der Waals surface area contributed by atoms with Crippen molar-refractivity contribution in [2.75, 3.05) is 7.11 Å². The first-order valence-electron chi connectivity index (χ1n) is 5.26. The van der Waals surface area contributed by atoms with E-state index in [-0.39, 0.29) is 23.5 Å². The molecule has 0 aliphatic carbocycles. The van der Waals surface area contributed by atoms with E-state index in [2.05, 4.69) is 11.8 Å². The summed E-state index contributed by atoms with van der Waals surface area (Å²) in [5, 5.41) is 26.8. The van der Waals surface area contributed by atoms with Gasteiger partial charge in [-0.2, -0.15) is 5.26 Å². The Morgan fingerprint density at radius 3 is 2.84 bits per heavy atom. The third kappa shape index (κ3) is 4.10. The highest BCUT2D eigenvalue weighted by molar-refractivity contribution is 5.85. The number of aliphatic carboxylic acids is 1. The zero-order chi connectivity index (χ0) is 14.3. The highest BCUT2D eigenvalue weighted by atomic mass is 16.5. The molecule has 19 heavy (non-hydrogen) atoms. The second-order valence-electron chi connectivity index (χ2n) is 3.43. The summed E-state index contributed by atoms with van der Waals surface area (Å²) in [5.74, 6) is 4.17. The van der Waals surface area contributed by atoms with Crippen molar-refractivity contribution in [2.45, 2.75) is 6.42 Å². The quantitative estimate of drug-likeness (QED) is 0.636. The number of carbonyl (C=O) groups is 1. The maximum Gasteiger partial charge on any atom is 0.328 e. The molecule has 0 fully saturated rings. The van der Waals surface area contributed by atoms with E-state index in [1.54, 1.807) is 0 Å². The molecule has 0 radical (unpaired) electrons. The Labute approximate surface area is 110 Å². The molecule has 0 aromatic heterocycles. The van der Waals surface area contributed by atoms with Gasteiger partial charge in [-0.25, -0.2) is 4.79 Å². The van der Waals surface area contributed by atoms with Crippen LogP contribution in [0.15, 0.2) is 18.2 Å². The van der Waals surface area contributed by atoms with Crippen molar-refractivity contribution in [3.63, 3.8) is 0 Å². The van der Waals surface area contributed by atoms with Gasteiger partial charge in [-0.1, -0.05) is 11.8 Å². The summed E-state index contributed by atoms with van der Waals surface area (Å²) in [6.45, 7) is 0. The fraction of sp³-hybridized carbons (Fsp3) is 0.143. The van der Waals surface area contributed by atoms with Crippen LogP contribution in [-0.4, -0.2) is 23.3 Å². The number of nitrogens with zero attached hydrogens (tertiary/aromatic N) is 1. The fourth-order valence-electron chi connectivity index (χ4n) is 1.32. The first-order chi connectivity index (χ1) is 9.08. The van der Waals surface area contributed by atoms with E-state index in [4.69, 9.17) is 15.1 Å². The molecule has 1 aromatic carbocycles. The second-order valence-corrected chi connectivity index (χ2v) is 3.43. The van der Waals surface area contributed by atoms with Gasteiger partial charge in [0.25, 0.3) is 0 Å². The van der Waals surface area contributed by atoms with Crippen molar-refractivity contribution < 1.29 is 19.7 Å². The lowest BCUT2D eigenvalue weighted by Crippen LogP contribution is -1.90. The minimum Gasteiger partial charge on any atom is -0.503 e. The Bertz CT molecular complexity index is 615. The van der Waals surface area contributed by atoms with Crippen LogP contribution in [0.25, 0.3) is 6.08 Å². The van der Waals surface area contributed by atoms with Gasteiger partial charge >= 0.3 is 5.97 Å². The monoisotopic (exact) mass is 257 g/mol. The highest BCUT2D eigenvalue weighted by Crippen LogP contribution is 2.31. The molecule has 0 amide bonds. The number of benzene rings is 1. The van der Waals surface area contributed by atoms with E-state index < -0.39 is 5.97 Å². The van der Waals surface area contributed by atoms with Gasteiger partial charge < -0.3 is 14.9 Å². The van der Waals surface area contributed by atoms with Crippen LogP contribution in [0, 0.1) is 23.2 Å². The van der Waals surface area contributed by atoms with Crippen LogP contribution in [0.4, 0.5) is 0 Å². The molecule has 0 aliphatic heterocycles. The molecule has 5 heteroatoms. The second kappa shape index (κ2) is 6.73. The van der Waals surface area contributed by atoms with Crippen molar-refractivity contribution >= 4 is 12.0 Å². The van der Waals surface area contributed by atoms with Gasteiger partial charge in [0.1, 0.15) is 0 Å². The lowest BCUT2D eigenvalue weighted by Gasteiger charge is -2.06. The topological polar surface area (TPSA) is 90.5 Å². The van der Waals surface area contributed by atoms with Gasteiger partial charge in [0.15, 0.2) is 11.5 Å². The Morgan fingerprint density at radius 2 is 2.26 bits per heavy atom. The molecule has 0 heterocycles. The van der Waals surface area contributed by atoms with Crippen molar-refractivity contribution in [1.29, 1.82) is 5.26 Å². The standard InChI is InChI=1S/C14H11NO4/c1-19-12-9-10(5-6-13(16)17)8-11(14(12)18)4-2-3-7-15/h5-6,8-9,18H,3H2,1H3,(H,16,17). The van der Waals surface area contributed by atoms with Crippen molar-refractivity contribution in [3.05, 3.63) is 29.3 Å². The molecule has 1 aromatic rings. The summed E-state index contributed by atoms with van der Waals surface area (Å²) in [6, 6.07) is 4.87. The van der Waals surface area contributed by atoms with E-state index >= 15 is 0 Å². The van der Waals surface area contributed by atoms with Gasteiger partial charge in [-0.15, -0.1) is 0 Å². The number of hydrogen-bond donors (Lipinski definition) is 2. The molecular formula is C14H11NO4. The zero-order valence-electron chi connectivity index (χ0n) is 10.2. The van der Waals surface area contributed by atoms with E-state index in [1.807, 2.05) is 6.07 Å². The first-order valence-corrected chi connectivity index (χ1v) is 5.26. The minimum atomic E-state index is -1.08. The van der Waals surface area contributed by atoms with Gasteiger partial charge in [0, 0.05) is 6.08 Å². The molecule has 0 aliphatic rings. The SMILES string of the molecule is COc1cc(C=CC(=O)O)cc(C#CCC#N)c1O. The molecule has 0 spiro atoms. The Balaban J connectivity index is 3.24. The third-order valence-corrected chi connectivity index (χ3v) is 2.13. The third-order valence-electron chi connectivity index (χ3n) is 2.13. The summed E-state index contributed by atoms with van der Waals surface area (Å²) in [5.41, 5.74) is 0.804. The van der Waals surface area contributed by atoms with Crippen LogP contribution in [0.3, 0.4) is 0 Å². The summed E-state index contributed by atoms with van der Waals surface area (Å²) in [4.78, 5) is 10.5. The molecule has 0 saturated carbocycles. The maximum absolute atomic E-state index is 10.5.